The first-order chi connectivity index (χ1) is 25.1. The van der Waals surface area contributed by atoms with Crippen LogP contribution in [0.4, 0.5) is 4.39 Å². The first kappa shape index (κ1) is 33.9. The van der Waals surface area contributed by atoms with Gasteiger partial charge in [0.1, 0.15) is 17.5 Å². The van der Waals surface area contributed by atoms with Gasteiger partial charge in [0.15, 0.2) is 0 Å². The molecular weight excluding hydrogens is 652 g/mol. The van der Waals surface area contributed by atoms with Crippen LogP contribution in [0.15, 0.2) is 72.9 Å². The fourth-order valence-electron chi connectivity index (χ4n) is 7.87. The Morgan fingerprint density at radius 2 is 1.60 bits per heavy atom. The van der Waals surface area contributed by atoms with Gasteiger partial charge in [-0.1, -0.05) is 56.9 Å². The summed E-state index contributed by atoms with van der Waals surface area (Å²) in [6.45, 7) is 9.66. The maximum Gasteiger partial charge on any atom is 0.230 e. The predicted molar refractivity (Wildman–Crippen MR) is 199 cm³/mol. The second-order valence-electron chi connectivity index (χ2n) is 15.5. The minimum absolute atomic E-state index is 0.0151. The van der Waals surface area contributed by atoms with Crippen molar-refractivity contribution >= 4 is 22.8 Å². The number of hydrogen-bond acceptors (Lipinski definition) is 4. The molecule has 2 aromatic heterocycles. The highest BCUT2D eigenvalue weighted by molar-refractivity contribution is 5.84. The Hall–Kier alpha value is -5.23. The van der Waals surface area contributed by atoms with E-state index in [1.807, 2.05) is 67.4 Å². The van der Waals surface area contributed by atoms with Gasteiger partial charge in [-0.2, -0.15) is 0 Å². The number of halogens is 1. The Morgan fingerprint density at radius 1 is 0.865 bits per heavy atom. The summed E-state index contributed by atoms with van der Waals surface area (Å²) in [7, 11) is 0. The number of H-pyrrole nitrogens is 2. The average Bonchev–Trinajstić information content (AvgIpc) is 3.64. The first-order valence-electron chi connectivity index (χ1n) is 18.6. The number of nitrogens with zero attached hydrogens (tertiary/aromatic N) is 4. The lowest BCUT2D eigenvalue weighted by atomic mass is 9.96. The van der Waals surface area contributed by atoms with Gasteiger partial charge in [-0.05, 0) is 104 Å². The van der Waals surface area contributed by atoms with Gasteiger partial charge < -0.3 is 19.8 Å². The van der Waals surface area contributed by atoms with E-state index in [1.54, 1.807) is 12.1 Å². The minimum Gasteiger partial charge on any atom is -0.340 e. The molecule has 8 nitrogen and oxygen atoms in total. The molecule has 1 saturated carbocycles. The molecule has 4 atom stereocenters. The summed E-state index contributed by atoms with van der Waals surface area (Å²) in [5, 5.41) is 0. The predicted octanol–water partition coefficient (Wildman–Crippen LogP) is 8.30. The molecule has 2 saturated heterocycles. The van der Waals surface area contributed by atoms with Crippen molar-refractivity contribution < 1.29 is 14.0 Å². The molecule has 0 bridgehead atoms. The highest BCUT2D eigenvalue weighted by Gasteiger charge is 2.54. The van der Waals surface area contributed by atoms with Gasteiger partial charge in [-0.15, -0.1) is 0 Å². The van der Waals surface area contributed by atoms with Crippen LogP contribution in [0.25, 0.3) is 22.3 Å². The quantitative estimate of drug-likeness (QED) is 0.167. The van der Waals surface area contributed by atoms with Crippen LogP contribution in [-0.2, 0) is 9.59 Å². The molecule has 1 aliphatic carbocycles. The highest BCUT2D eigenvalue weighted by atomic mass is 19.1. The Morgan fingerprint density at radius 3 is 2.33 bits per heavy atom. The summed E-state index contributed by atoms with van der Waals surface area (Å²) in [6.07, 6.45) is 6.92. The smallest absolute Gasteiger partial charge is 0.230 e. The fourth-order valence-corrected chi connectivity index (χ4v) is 7.87. The molecule has 3 aliphatic rings. The molecular formula is C43H45FN6O2. The Kier molecular flexibility index (Phi) is 8.73. The van der Waals surface area contributed by atoms with Gasteiger partial charge in [0, 0.05) is 30.1 Å². The molecule has 266 valence electrons. The molecule has 8 rings (SSSR count). The highest BCUT2D eigenvalue weighted by Crippen LogP contribution is 2.58. The summed E-state index contributed by atoms with van der Waals surface area (Å²) in [5.74, 6) is 8.12. The first-order valence-corrected chi connectivity index (χ1v) is 18.6. The van der Waals surface area contributed by atoms with Crippen molar-refractivity contribution in [1.82, 2.24) is 29.7 Å². The average molecular weight is 697 g/mol. The Labute approximate surface area is 304 Å². The summed E-state index contributed by atoms with van der Waals surface area (Å²) in [4.78, 5) is 47.6. The van der Waals surface area contributed by atoms with E-state index < -0.39 is 0 Å². The summed E-state index contributed by atoms with van der Waals surface area (Å²) in [6, 6.07) is 20.1. The molecule has 2 amide bonds. The van der Waals surface area contributed by atoms with Crippen molar-refractivity contribution in [2.45, 2.75) is 77.8 Å². The molecule has 1 spiro atoms. The molecule has 4 heterocycles. The van der Waals surface area contributed by atoms with E-state index >= 15 is 0 Å². The zero-order valence-electron chi connectivity index (χ0n) is 30.2. The van der Waals surface area contributed by atoms with Crippen LogP contribution in [0.2, 0.25) is 0 Å². The van der Waals surface area contributed by atoms with E-state index in [0.717, 1.165) is 76.4 Å². The SMILES string of the molecule is CC(C)[C@H](C)C(=O)N1CC2(CC2)C[C@H]1c1nc2ccc(C#Cc3ccc(-c4cnc([C@@H]5CCCN5C(=O)[C@H](C)c5ccc(F)cc5)[nH]4)cc3)cc2[nH]1. The van der Waals surface area contributed by atoms with Gasteiger partial charge in [0.2, 0.25) is 11.8 Å². The lowest BCUT2D eigenvalue weighted by Gasteiger charge is -2.28. The van der Waals surface area contributed by atoms with E-state index in [4.69, 9.17) is 4.98 Å². The van der Waals surface area contributed by atoms with Crippen LogP contribution in [0.5, 0.6) is 0 Å². The maximum absolute atomic E-state index is 13.5. The number of benzene rings is 3. The number of nitrogens with one attached hydrogen (secondary N) is 2. The second-order valence-corrected chi connectivity index (χ2v) is 15.5. The van der Waals surface area contributed by atoms with Crippen molar-refractivity contribution in [2.75, 3.05) is 13.1 Å². The third kappa shape index (κ3) is 6.51. The largest absolute Gasteiger partial charge is 0.340 e. The second kappa shape index (κ2) is 13.4. The zero-order chi connectivity index (χ0) is 36.1. The molecule has 3 aromatic carbocycles. The van der Waals surface area contributed by atoms with Gasteiger partial charge in [0.25, 0.3) is 0 Å². The van der Waals surface area contributed by atoms with E-state index in [-0.39, 0.29) is 47.0 Å². The van der Waals surface area contributed by atoms with Crippen molar-refractivity contribution in [1.29, 1.82) is 0 Å². The van der Waals surface area contributed by atoms with E-state index in [0.29, 0.717) is 12.5 Å². The number of imidazole rings is 2. The number of hydrogen-bond donors (Lipinski definition) is 2. The topological polar surface area (TPSA) is 98.0 Å². The number of fused-ring (bicyclic) bond motifs is 1. The van der Waals surface area contributed by atoms with Crippen LogP contribution in [-0.4, -0.2) is 54.6 Å². The summed E-state index contributed by atoms with van der Waals surface area (Å²) < 4.78 is 13.4. The van der Waals surface area contributed by atoms with Crippen LogP contribution in [0.1, 0.15) is 106 Å². The molecule has 3 fully saturated rings. The summed E-state index contributed by atoms with van der Waals surface area (Å²) >= 11 is 0. The number of aromatic nitrogens is 4. The van der Waals surface area contributed by atoms with Gasteiger partial charge in [0.05, 0.1) is 40.9 Å². The van der Waals surface area contributed by atoms with Crippen LogP contribution < -0.4 is 0 Å². The number of aromatic amines is 2. The maximum atomic E-state index is 13.5. The molecule has 2 aliphatic heterocycles. The van der Waals surface area contributed by atoms with E-state index in [1.165, 1.54) is 25.0 Å². The monoisotopic (exact) mass is 696 g/mol. The van der Waals surface area contributed by atoms with Gasteiger partial charge in [-0.25, -0.2) is 14.4 Å². The summed E-state index contributed by atoms with van der Waals surface area (Å²) in [5.41, 5.74) is 6.55. The molecule has 5 aromatic rings. The zero-order valence-corrected chi connectivity index (χ0v) is 30.2. The van der Waals surface area contributed by atoms with Crippen LogP contribution in [0.3, 0.4) is 0 Å². The standard InChI is InChI=1S/C43H45FN6O2/c1-26(2)27(3)41(51)50-25-43(19-20-43)23-38(50)40-46-34-18-11-30(22-35(34)47-40)8-7-29-9-12-32(13-10-29)36-24-45-39(48-36)37-6-5-21-49(37)42(52)28(4)31-14-16-33(44)17-15-31/h9-18,22,24,26-28,37-38H,5-6,19-21,23,25H2,1-4H3,(H,45,48)(H,46,47)/t27-,28+,37-,38-/m0/s1. The van der Waals surface area contributed by atoms with Crippen molar-refractivity contribution in [3.63, 3.8) is 0 Å². The molecule has 52 heavy (non-hydrogen) atoms. The number of likely N-dealkylation sites (tertiary alicyclic amines) is 2. The Bertz CT molecular complexity index is 2190. The van der Waals surface area contributed by atoms with E-state index in [2.05, 4.69) is 45.5 Å². The number of rotatable bonds is 7. The third-order valence-corrected chi connectivity index (χ3v) is 11.7. The third-order valence-electron chi connectivity index (χ3n) is 11.7. The van der Waals surface area contributed by atoms with Crippen molar-refractivity contribution in [3.05, 3.63) is 107 Å². The van der Waals surface area contributed by atoms with Crippen molar-refractivity contribution in [2.24, 2.45) is 17.3 Å². The fraction of sp³-hybridized carbons (Fsp3) is 0.395. The molecule has 0 unspecified atom stereocenters. The lowest BCUT2D eigenvalue weighted by molar-refractivity contribution is -0.137. The number of carbonyl (C=O) groups excluding carboxylic acids is 2. The Balaban J connectivity index is 0.944. The lowest BCUT2D eigenvalue weighted by Crippen LogP contribution is -2.37. The van der Waals surface area contributed by atoms with Gasteiger partial charge >= 0.3 is 0 Å². The minimum atomic E-state index is -0.365. The van der Waals surface area contributed by atoms with Gasteiger partial charge in [-0.3, -0.25) is 9.59 Å². The molecule has 0 radical (unpaired) electrons. The van der Waals surface area contributed by atoms with Crippen molar-refractivity contribution in [3.8, 4) is 23.1 Å². The molecule has 9 heteroatoms. The molecule has 2 N–H and O–H groups in total. The van der Waals surface area contributed by atoms with E-state index in [9.17, 15) is 14.0 Å². The number of carbonyl (C=O) groups is 2. The van der Waals surface area contributed by atoms with Crippen LogP contribution in [0, 0.1) is 34.9 Å². The number of amides is 2. The van der Waals surface area contributed by atoms with Crippen LogP contribution >= 0.6 is 0 Å². The normalized spacial score (nSPS) is 20.3.